The van der Waals surface area contributed by atoms with E-state index in [4.69, 9.17) is 9.52 Å². The van der Waals surface area contributed by atoms with Crippen molar-refractivity contribution in [2.75, 3.05) is 6.54 Å². The molecular weight excluding hydrogens is 206 g/mol. The van der Waals surface area contributed by atoms with Crippen LogP contribution in [0.4, 0.5) is 0 Å². The van der Waals surface area contributed by atoms with Crippen LogP contribution in [-0.2, 0) is 6.54 Å². The SMILES string of the molecule is CCCN(Cc1cc(C(=O)O)co1)C1CC1. The molecule has 1 N–H and O–H groups in total. The zero-order chi connectivity index (χ0) is 11.5. The molecule has 0 bridgehead atoms. The third-order valence-corrected chi connectivity index (χ3v) is 2.83. The molecule has 0 amide bonds. The maximum absolute atomic E-state index is 10.7. The van der Waals surface area contributed by atoms with Crippen LogP contribution in [0.25, 0.3) is 0 Å². The lowest BCUT2D eigenvalue weighted by Crippen LogP contribution is -2.26. The molecule has 0 aliphatic heterocycles. The van der Waals surface area contributed by atoms with Gasteiger partial charge in [-0.05, 0) is 31.9 Å². The fourth-order valence-electron chi connectivity index (χ4n) is 1.89. The van der Waals surface area contributed by atoms with Gasteiger partial charge in [-0.2, -0.15) is 0 Å². The molecule has 1 aromatic heterocycles. The van der Waals surface area contributed by atoms with Gasteiger partial charge in [0.1, 0.15) is 12.0 Å². The Balaban J connectivity index is 1.97. The summed E-state index contributed by atoms with van der Waals surface area (Å²) < 4.78 is 5.26. The van der Waals surface area contributed by atoms with Crippen molar-refractivity contribution in [2.24, 2.45) is 0 Å². The van der Waals surface area contributed by atoms with Gasteiger partial charge in [0.05, 0.1) is 12.1 Å². The van der Waals surface area contributed by atoms with Gasteiger partial charge in [0.15, 0.2) is 0 Å². The number of rotatable bonds is 6. The molecule has 1 aliphatic carbocycles. The first-order valence-electron chi connectivity index (χ1n) is 5.75. The van der Waals surface area contributed by atoms with Crippen molar-refractivity contribution in [3.05, 3.63) is 23.7 Å². The third-order valence-electron chi connectivity index (χ3n) is 2.83. The molecule has 4 heteroatoms. The smallest absolute Gasteiger partial charge is 0.338 e. The van der Waals surface area contributed by atoms with E-state index in [0.717, 1.165) is 25.3 Å². The molecule has 0 radical (unpaired) electrons. The summed E-state index contributed by atoms with van der Waals surface area (Å²) in [6.45, 7) is 3.93. The first-order valence-corrected chi connectivity index (χ1v) is 5.75. The summed E-state index contributed by atoms with van der Waals surface area (Å²) in [6.07, 6.45) is 4.94. The number of hydrogen-bond acceptors (Lipinski definition) is 3. The average Bonchev–Trinajstić information content (AvgIpc) is 2.98. The van der Waals surface area contributed by atoms with Crippen molar-refractivity contribution >= 4 is 5.97 Å². The molecule has 4 nitrogen and oxygen atoms in total. The molecule has 1 fully saturated rings. The monoisotopic (exact) mass is 223 g/mol. The van der Waals surface area contributed by atoms with Crippen LogP contribution in [-0.4, -0.2) is 28.6 Å². The summed E-state index contributed by atoms with van der Waals surface area (Å²) in [5.41, 5.74) is 0.238. The van der Waals surface area contributed by atoms with Crippen LogP contribution in [0, 0.1) is 0 Å². The summed E-state index contributed by atoms with van der Waals surface area (Å²) in [7, 11) is 0. The Kier molecular flexibility index (Phi) is 3.29. The van der Waals surface area contributed by atoms with Gasteiger partial charge in [-0.1, -0.05) is 6.92 Å². The minimum Gasteiger partial charge on any atom is -0.478 e. The predicted molar refractivity (Wildman–Crippen MR) is 59.4 cm³/mol. The Morgan fingerprint density at radius 1 is 1.62 bits per heavy atom. The molecule has 16 heavy (non-hydrogen) atoms. The van der Waals surface area contributed by atoms with E-state index in [-0.39, 0.29) is 5.56 Å². The Labute approximate surface area is 94.9 Å². The first-order chi connectivity index (χ1) is 7.70. The average molecular weight is 223 g/mol. The highest BCUT2D eigenvalue weighted by molar-refractivity contribution is 5.87. The fraction of sp³-hybridized carbons (Fsp3) is 0.583. The second-order valence-electron chi connectivity index (χ2n) is 4.31. The zero-order valence-electron chi connectivity index (χ0n) is 9.48. The highest BCUT2D eigenvalue weighted by Gasteiger charge is 2.28. The number of carboxylic acids is 1. The van der Waals surface area contributed by atoms with Gasteiger partial charge >= 0.3 is 5.97 Å². The van der Waals surface area contributed by atoms with Crippen LogP contribution < -0.4 is 0 Å². The number of hydrogen-bond donors (Lipinski definition) is 1. The highest BCUT2D eigenvalue weighted by Crippen LogP contribution is 2.28. The molecule has 0 atom stereocenters. The molecule has 2 rings (SSSR count). The molecular formula is C12H17NO3. The van der Waals surface area contributed by atoms with Gasteiger partial charge < -0.3 is 9.52 Å². The second kappa shape index (κ2) is 4.70. The Morgan fingerprint density at radius 3 is 2.88 bits per heavy atom. The van der Waals surface area contributed by atoms with Gasteiger partial charge in [0.2, 0.25) is 0 Å². The predicted octanol–water partition coefficient (Wildman–Crippen LogP) is 2.35. The molecule has 0 aromatic carbocycles. The van der Waals surface area contributed by atoms with Crippen LogP contribution in [0.15, 0.2) is 16.7 Å². The summed E-state index contributed by atoms with van der Waals surface area (Å²) >= 11 is 0. The molecule has 0 spiro atoms. The zero-order valence-corrected chi connectivity index (χ0v) is 9.48. The molecule has 1 saturated carbocycles. The third kappa shape index (κ3) is 2.64. The molecule has 88 valence electrons. The van der Waals surface area contributed by atoms with Crippen LogP contribution in [0.5, 0.6) is 0 Å². The minimum atomic E-state index is -0.927. The molecule has 0 saturated heterocycles. The van der Waals surface area contributed by atoms with Gasteiger partial charge in [-0.15, -0.1) is 0 Å². The molecule has 1 aromatic rings. The highest BCUT2D eigenvalue weighted by atomic mass is 16.4. The van der Waals surface area contributed by atoms with Crippen molar-refractivity contribution in [1.29, 1.82) is 0 Å². The summed E-state index contributed by atoms with van der Waals surface area (Å²) in [5.74, 6) is -0.179. The topological polar surface area (TPSA) is 53.7 Å². The van der Waals surface area contributed by atoms with E-state index in [1.807, 2.05) is 0 Å². The van der Waals surface area contributed by atoms with E-state index in [0.29, 0.717) is 6.04 Å². The maximum Gasteiger partial charge on any atom is 0.338 e. The lowest BCUT2D eigenvalue weighted by molar-refractivity contribution is 0.0696. The van der Waals surface area contributed by atoms with E-state index in [1.165, 1.54) is 19.1 Å². The Bertz CT molecular complexity index is 368. The van der Waals surface area contributed by atoms with E-state index in [9.17, 15) is 4.79 Å². The van der Waals surface area contributed by atoms with Gasteiger partial charge in [-0.3, -0.25) is 4.90 Å². The number of nitrogens with zero attached hydrogens (tertiary/aromatic N) is 1. The van der Waals surface area contributed by atoms with Crippen LogP contribution in [0.2, 0.25) is 0 Å². The van der Waals surface area contributed by atoms with Gasteiger partial charge in [0.25, 0.3) is 0 Å². The Hall–Kier alpha value is -1.29. The van der Waals surface area contributed by atoms with Crippen molar-refractivity contribution in [3.8, 4) is 0 Å². The van der Waals surface area contributed by atoms with Crippen molar-refractivity contribution < 1.29 is 14.3 Å². The quantitative estimate of drug-likeness (QED) is 0.804. The van der Waals surface area contributed by atoms with Crippen LogP contribution in [0.3, 0.4) is 0 Å². The van der Waals surface area contributed by atoms with Crippen molar-refractivity contribution in [1.82, 2.24) is 4.90 Å². The van der Waals surface area contributed by atoms with Crippen molar-refractivity contribution in [2.45, 2.75) is 38.8 Å². The van der Waals surface area contributed by atoms with Crippen LogP contribution >= 0.6 is 0 Å². The summed E-state index contributed by atoms with van der Waals surface area (Å²) in [6, 6.07) is 2.30. The maximum atomic E-state index is 10.7. The van der Waals surface area contributed by atoms with Gasteiger partial charge in [-0.25, -0.2) is 4.79 Å². The minimum absolute atomic E-state index is 0.238. The largest absolute Gasteiger partial charge is 0.478 e. The fourth-order valence-corrected chi connectivity index (χ4v) is 1.89. The molecule has 1 heterocycles. The van der Waals surface area contributed by atoms with E-state index < -0.39 is 5.97 Å². The lowest BCUT2D eigenvalue weighted by atomic mass is 10.3. The Morgan fingerprint density at radius 2 is 2.38 bits per heavy atom. The van der Waals surface area contributed by atoms with E-state index in [1.54, 1.807) is 6.07 Å². The van der Waals surface area contributed by atoms with Crippen LogP contribution in [0.1, 0.15) is 42.3 Å². The number of carbonyl (C=O) groups is 1. The number of aromatic carboxylic acids is 1. The standard InChI is InChI=1S/C12H17NO3/c1-2-5-13(10-3-4-10)7-11-6-9(8-16-11)12(14)15/h6,8,10H,2-5,7H2,1H3,(H,14,15). The number of carboxylic acid groups (broad SMARTS) is 1. The van der Waals surface area contributed by atoms with Gasteiger partial charge in [0, 0.05) is 6.04 Å². The second-order valence-corrected chi connectivity index (χ2v) is 4.31. The molecule has 1 aliphatic rings. The van der Waals surface area contributed by atoms with E-state index >= 15 is 0 Å². The summed E-state index contributed by atoms with van der Waals surface area (Å²) in [5, 5.41) is 8.78. The van der Waals surface area contributed by atoms with E-state index in [2.05, 4.69) is 11.8 Å². The lowest BCUT2D eigenvalue weighted by Gasteiger charge is -2.19. The van der Waals surface area contributed by atoms with Crippen molar-refractivity contribution in [3.63, 3.8) is 0 Å². The number of furan rings is 1. The normalized spacial score (nSPS) is 15.6. The first kappa shape index (κ1) is 11.2. The summed E-state index contributed by atoms with van der Waals surface area (Å²) in [4.78, 5) is 13.1. The molecule has 0 unspecified atom stereocenters.